The fourth-order valence-electron chi connectivity index (χ4n) is 1.96. The summed E-state index contributed by atoms with van der Waals surface area (Å²) in [5.41, 5.74) is 0.549. The van der Waals surface area contributed by atoms with Crippen LogP contribution in [0, 0.1) is 0 Å². The van der Waals surface area contributed by atoms with Crippen molar-refractivity contribution in [3.63, 3.8) is 0 Å². The van der Waals surface area contributed by atoms with Gasteiger partial charge in [0.2, 0.25) is 0 Å². The fourth-order valence-corrected chi connectivity index (χ4v) is 1.96. The van der Waals surface area contributed by atoms with Crippen molar-refractivity contribution >= 4 is 5.91 Å². The summed E-state index contributed by atoms with van der Waals surface area (Å²) in [6.45, 7) is 1.72. The van der Waals surface area contributed by atoms with Crippen molar-refractivity contribution in [2.75, 3.05) is 6.61 Å². The van der Waals surface area contributed by atoms with Crippen molar-refractivity contribution in [2.45, 2.75) is 50.9 Å². The molecule has 2 atom stereocenters. The number of alkyl halides is 3. The van der Waals surface area contributed by atoms with E-state index in [9.17, 15) is 23.1 Å². The van der Waals surface area contributed by atoms with Gasteiger partial charge in [0.25, 0.3) is 5.91 Å². The lowest BCUT2D eigenvalue weighted by Crippen LogP contribution is -2.40. The number of hydrogen-bond acceptors (Lipinski definition) is 4. The summed E-state index contributed by atoms with van der Waals surface area (Å²) in [5.74, 6) is -0.397. The number of aliphatic hydroxyl groups excluding tert-OH is 1. The molecule has 2 N–H and O–H groups in total. The number of pyridine rings is 1. The lowest BCUT2D eigenvalue weighted by atomic mass is 10.1. The van der Waals surface area contributed by atoms with Gasteiger partial charge in [-0.15, -0.1) is 0 Å². The monoisotopic (exact) mass is 332 g/mol. The zero-order valence-corrected chi connectivity index (χ0v) is 12.9. The molecule has 23 heavy (non-hydrogen) atoms. The van der Waals surface area contributed by atoms with E-state index in [4.69, 9.17) is 4.74 Å². The molecular formula is C15H19F3N2O3. The Hall–Kier alpha value is -1.83. The third-order valence-electron chi connectivity index (χ3n) is 3.62. The molecule has 5 nitrogen and oxygen atoms in total. The number of nitrogens with one attached hydrogen (secondary N) is 1. The van der Waals surface area contributed by atoms with Gasteiger partial charge in [0.05, 0.1) is 12.1 Å². The predicted octanol–water partition coefficient (Wildman–Crippen LogP) is 2.40. The van der Waals surface area contributed by atoms with Crippen LogP contribution < -0.4 is 10.1 Å². The Bertz CT molecular complexity index is 572. The summed E-state index contributed by atoms with van der Waals surface area (Å²) >= 11 is 0. The zero-order chi connectivity index (χ0) is 17.2. The maximum absolute atomic E-state index is 12.4. The molecule has 0 aromatic carbocycles. The largest absolute Gasteiger partial charge is 0.484 e. The van der Waals surface area contributed by atoms with Gasteiger partial charge >= 0.3 is 6.18 Å². The highest BCUT2D eigenvalue weighted by molar-refractivity contribution is 5.93. The molecule has 1 fully saturated rings. The number of rotatable bonds is 6. The summed E-state index contributed by atoms with van der Waals surface area (Å²) in [6.07, 6.45) is -2.08. The lowest BCUT2D eigenvalue weighted by Gasteiger charge is -2.17. The molecule has 1 aliphatic rings. The molecule has 0 saturated heterocycles. The number of aromatic nitrogens is 1. The van der Waals surface area contributed by atoms with Gasteiger partial charge in [0, 0.05) is 17.8 Å². The van der Waals surface area contributed by atoms with Crippen molar-refractivity contribution in [3.8, 4) is 5.75 Å². The highest BCUT2D eigenvalue weighted by Crippen LogP contribution is 2.44. The van der Waals surface area contributed by atoms with Crippen LogP contribution in [-0.4, -0.2) is 40.9 Å². The number of halogens is 3. The van der Waals surface area contributed by atoms with Crippen molar-refractivity contribution in [2.24, 2.45) is 0 Å². The van der Waals surface area contributed by atoms with E-state index in [1.807, 2.05) is 0 Å². The molecule has 0 radical (unpaired) electrons. The summed E-state index contributed by atoms with van der Waals surface area (Å²) in [6, 6.07) is 0.718. The van der Waals surface area contributed by atoms with E-state index in [1.165, 1.54) is 19.2 Å². The molecule has 8 heteroatoms. The molecule has 1 amide bonds. The van der Waals surface area contributed by atoms with Gasteiger partial charge in [0.15, 0.2) is 6.61 Å². The third-order valence-corrected chi connectivity index (χ3v) is 3.62. The molecule has 2 rings (SSSR count). The van der Waals surface area contributed by atoms with Gasteiger partial charge in [-0.1, -0.05) is 0 Å². The molecule has 0 aliphatic heterocycles. The third kappa shape index (κ3) is 5.09. The first-order chi connectivity index (χ1) is 10.7. The Morgan fingerprint density at radius 1 is 1.48 bits per heavy atom. The second-order valence-corrected chi connectivity index (χ2v) is 5.79. The first kappa shape index (κ1) is 17.5. The van der Waals surface area contributed by atoms with E-state index in [-0.39, 0.29) is 17.4 Å². The van der Waals surface area contributed by atoms with E-state index >= 15 is 0 Å². The zero-order valence-electron chi connectivity index (χ0n) is 12.9. The van der Waals surface area contributed by atoms with E-state index in [2.05, 4.69) is 10.3 Å². The molecule has 128 valence electrons. The van der Waals surface area contributed by atoms with Crippen molar-refractivity contribution in [3.05, 3.63) is 23.5 Å². The number of ether oxygens (including phenoxy) is 1. The maximum Gasteiger partial charge on any atom is 0.422 e. The first-order valence-electron chi connectivity index (χ1n) is 7.36. The number of carbonyl (C=O) groups is 1. The van der Waals surface area contributed by atoms with Crippen LogP contribution in [0.3, 0.4) is 0 Å². The van der Waals surface area contributed by atoms with E-state index in [0.717, 1.165) is 12.8 Å². The Morgan fingerprint density at radius 2 is 2.13 bits per heavy atom. The van der Waals surface area contributed by atoms with Crippen LogP contribution in [0.4, 0.5) is 13.2 Å². The number of hydrogen-bond donors (Lipinski definition) is 2. The summed E-state index contributed by atoms with van der Waals surface area (Å²) in [5, 5.41) is 11.9. The van der Waals surface area contributed by atoms with Gasteiger partial charge in [-0.2, -0.15) is 13.2 Å². The molecule has 1 saturated carbocycles. The standard InChI is InChI=1S/C15H19F3N2O3/c1-8(9(2)21)20-14(22)12-5-13(23-7-15(16,17)18)11(6-19-12)10-3-4-10/h5-6,8-10,21H,3-4,7H2,1-2H3,(H,20,22). The summed E-state index contributed by atoms with van der Waals surface area (Å²) in [7, 11) is 0. The Morgan fingerprint density at radius 3 is 2.65 bits per heavy atom. The van der Waals surface area contributed by atoms with Gasteiger partial charge in [-0.25, -0.2) is 0 Å². The SMILES string of the molecule is CC(O)C(C)NC(=O)c1cc(OCC(F)(F)F)c(C2CC2)cn1. The Balaban J connectivity index is 2.16. The normalized spacial score (nSPS) is 17.5. The second-order valence-electron chi connectivity index (χ2n) is 5.79. The quantitative estimate of drug-likeness (QED) is 0.839. The van der Waals surface area contributed by atoms with Crippen LogP contribution in [-0.2, 0) is 0 Å². The Labute approximate surface area is 131 Å². The summed E-state index contributed by atoms with van der Waals surface area (Å²) < 4.78 is 41.9. The van der Waals surface area contributed by atoms with Crippen LogP contribution in [0.15, 0.2) is 12.3 Å². The minimum Gasteiger partial charge on any atom is -0.484 e. The average molecular weight is 332 g/mol. The fraction of sp³-hybridized carbons (Fsp3) is 0.600. The molecular weight excluding hydrogens is 313 g/mol. The molecule has 0 bridgehead atoms. The topological polar surface area (TPSA) is 71.5 Å². The lowest BCUT2D eigenvalue weighted by molar-refractivity contribution is -0.153. The van der Waals surface area contributed by atoms with Crippen molar-refractivity contribution in [1.82, 2.24) is 10.3 Å². The number of amides is 1. The van der Waals surface area contributed by atoms with Crippen LogP contribution in [0.5, 0.6) is 5.75 Å². The van der Waals surface area contributed by atoms with Crippen LogP contribution >= 0.6 is 0 Å². The smallest absolute Gasteiger partial charge is 0.422 e. The van der Waals surface area contributed by atoms with Gasteiger partial charge in [0.1, 0.15) is 11.4 Å². The highest BCUT2D eigenvalue weighted by atomic mass is 19.4. The number of carbonyl (C=O) groups excluding carboxylic acids is 1. The van der Waals surface area contributed by atoms with Crippen LogP contribution in [0.2, 0.25) is 0 Å². The second kappa shape index (κ2) is 6.74. The van der Waals surface area contributed by atoms with Crippen LogP contribution in [0.1, 0.15) is 48.7 Å². The first-order valence-corrected chi connectivity index (χ1v) is 7.36. The Kier molecular flexibility index (Phi) is 5.13. The van der Waals surface area contributed by atoms with Gasteiger partial charge in [-0.3, -0.25) is 9.78 Å². The maximum atomic E-state index is 12.4. The average Bonchev–Trinajstić information content (AvgIpc) is 3.28. The molecule has 1 aromatic rings. The van der Waals surface area contributed by atoms with E-state index in [0.29, 0.717) is 5.56 Å². The van der Waals surface area contributed by atoms with Gasteiger partial charge in [-0.05, 0) is 32.6 Å². The predicted molar refractivity (Wildman–Crippen MR) is 76.4 cm³/mol. The molecule has 1 aliphatic carbocycles. The minimum absolute atomic E-state index is 0.0367. The van der Waals surface area contributed by atoms with E-state index in [1.54, 1.807) is 6.92 Å². The molecule has 2 unspecified atom stereocenters. The van der Waals surface area contributed by atoms with Crippen LogP contribution in [0.25, 0.3) is 0 Å². The van der Waals surface area contributed by atoms with E-state index < -0.39 is 30.8 Å². The minimum atomic E-state index is -4.45. The summed E-state index contributed by atoms with van der Waals surface area (Å²) in [4.78, 5) is 16.0. The number of nitrogens with zero attached hydrogens (tertiary/aromatic N) is 1. The molecule has 0 spiro atoms. The molecule has 1 aromatic heterocycles. The van der Waals surface area contributed by atoms with Crippen molar-refractivity contribution < 1.29 is 27.8 Å². The van der Waals surface area contributed by atoms with Crippen molar-refractivity contribution in [1.29, 1.82) is 0 Å². The molecule has 1 heterocycles. The highest BCUT2D eigenvalue weighted by Gasteiger charge is 2.32. The van der Waals surface area contributed by atoms with Gasteiger partial charge < -0.3 is 15.2 Å². The number of aliphatic hydroxyl groups is 1.